The Hall–Kier alpha value is -2.35. The van der Waals surface area contributed by atoms with Crippen molar-refractivity contribution in [3.05, 3.63) is 101 Å². The third kappa shape index (κ3) is 11.4. The van der Waals surface area contributed by atoms with Crippen molar-refractivity contribution in [2.24, 2.45) is 4.99 Å². The smallest absolute Gasteiger partial charge is 0.358 e. The predicted octanol–water partition coefficient (Wildman–Crippen LogP) is 12.1. The Bertz CT molecular complexity index is 1460. The molecule has 0 aromatic heterocycles. The van der Waals surface area contributed by atoms with Gasteiger partial charge in [-0.25, -0.2) is 4.99 Å². The van der Waals surface area contributed by atoms with E-state index in [-0.39, 0.29) is 44.1 Å². The fourth-order valence-electron chi connectivity index (χ4n) is 5.35. The first kappa shape index (κ1) is 43.7. The Labute approximate surface area is 299 Å². The van der Waals surface area contributed by atoms with E-state index < -0.39 is 0 Å². The van der Waals surface area contributed by atoms with E-state index in [2.05, 4.69) is 158 Å². The molecule has 0 bridgehead atoms. The monoisotopic (exact) mass is 730 g/mol. The molecule has 0 saturated heterocycles. The molecule has 0 radical (unpaired) electrons. The van der Waals surface area contributed by atoms with Crippen molar-refractivity contribution in [1.82, 2.24) is 0 Å². The Morgan fingerprint density at radius 1 is 0.717 bits per heavy atom. The number of nitrogens with zero attached hydrogens (tertiary/aromatic N) is 2. The van der Waals surface area contributed by atoms with Gasteiger partial charge in [0, 0.05) is 30.5 Å². The van der Waals surface area contributed by atoms with Crippen LogP contribution in [0, 0.1) is 18.8 Å². The Balaban J connectivity index is 0.00000389. The molecule has 0 fully saturated rings. The van der Waals surface area contributed by atoms with Crippen LogP contribution in [0.25, 0.3) is 0 Å². The Kier molecular flexibility index (Phi) is 16.8. The van der Waals surface area contributed by atoms with Crippen molar-refractivity contribution >= 4 is 30.2 Å². The summed E-state index contributed by atoms with van der Waals surface area (Å²) >= 11 is 0. The number of benzene rings is 3. The summed E-state index contributed by atoms with van der Waals surface area (Å²) < 4.78 is 0. The van der Waals surface area contributed by atoms with Gasteiger partial charge in [-0.2, -0.15) is 5.26 Å². The van der Waals surface area contributed by atoms with E-state index in [9.17, 15) is 0 Å². The average molecular weight is 731 g/mol. The molecule has 3 rings (SSSR count). The van der Waals surface area contributed by atoms with Gasteiger partial charge in [-0.15, -0.1) is 0 Å². The standard InChI is InChI=1S/C39H54NP.C2H3N.CH3.Pd/c1-25(2)30-21-18-22-31(26(3)4)35(30)40-34(28-19-16-15-17-20-28)27(5)41-36-32(38(9,10)11)23-29(37(6,7)8)24-33(36)39(12,13)14;1-2-3;;/h15-26H,1-14H3;1H3;1H3;/q;;-1;+2/p+1. The van der Waals surface area contributed by atoms with Crippen LogP contribution in [0.4, 0.5) is 5.69 Å². The van der Waals surface area contributed by atoms with Crippen LogP contribution in [0.2, 0.25) is 0 Å². The zero-order valence-electron chi connectivity index (χ0n) is 31.6. The van der Waals surface area contributed by atoms with Gasteiger partial charge in [0.25, 0.3) is 0 Å². The van der Waals surface area contributed by atoms with E-state index in [4.69, 9.17) is 10.3 Å². The van der Waals surface area contributed by atoms with E-state index in [0.29, 0.717) is 20.0 Å². The molecule has 0 aliphatic rings. The van der Waals surface area contributed by atoms with Crippen LogP contribution in [0.1, 0.15) is 149 Å². The van der Waals surface area contributed by atoms with Crippen molar-refractivity contribution in [2.45, 2.75) is 132 Å². The molecule has 0 N–H and O–H groups in total. The van der Waals surface area contributed by atoms with E-state index in [1.165, 1.54) is 50.9 Å². The van der Waals surface area contributed by atoms with Crippen molar-refractivity contribution in [3.8, 4) is 6.07 Å². The SMILES string of the molecule is C/C(=[PH+]\c1c(C(C)(C)C)cc(C(C)(C)C)cc1C(C)(C)C)C(=Nc1c(C(C)C)cccc1C(C)C)c1ccccc1.CC#N.[CH3-].[Pd+2]. The topological polar surface area (TPSA) is 36.1 Å². The summed E-state index contributed by atoms with van der Waals surface area (Å²) in [4.78, 5) is 5.59. The molecule has 0 spiro atoms. The second-order valence-electron chi connectivity index (χ2n) is 15.6. The van der Waals surface area contributed by atoms with Crippen molar-refractivity contribution in [2.75, 3.05) is 0 Å². The maximum Gasteiger partial charge on any atom is 2.00 e. The zero-order chi connectivity index (χ0) is 33.6. The van der Waals surface area contributed by atoms with Gasteiger partial charge in [-0.1, -0.05) is 151 Å². The first-order chi connectivity index (χ1) is 20.2. The summed E-state index contributed by atoms with van der Waals surface area (Å²) in [5.41, 5.74) is 10.6. The molecule has 46 heavy (non-hydrogen) atoms. The molecule has 0 aliphatic carbocycles. The number of aliphatic imine (C=N–C) groups is 1. The van der Waals surface area contributed by atoms with Gasteiger partial charge in [-0.3, -0.25) is 0 Å². The Morgan fingerprint density at radius 3 is 1.48 bits per heavy atom. The summed E-state index contributed by atoms with van der Waals surface area (Å²) in [6.45, 7) is 34.1. The number of rotatable bonds is 6. The fourth-order valence-corrected chi connectivity index (χ4v) is 7.21. The number of para-hydroxylation sites is 1. The molecule has 3 aromatic rings. The molecular formula is C42H61N2PPd+2. The second kappa shape index (κ2) is 17.7. The van der Waals surface area contributed by atoms with E-state index in [1.807, 2.05) is 0 Å². The maximum absolute atomic E-state index is 7.32. The molecule has 1 atom stereocenters. The molecule has 252 valence electrons. The van der Waals surface area contributed by atoms with Crippen LogP contribution >= 0.6 is 8.20 Å². The van der Waals surface area contributed by atoms with Crippen LogP contribution < -0.4 is 5.30 Å². The van der Waals surface area contributed by atoms with Gasteiger partial charge in [0.2, 0.25) is 0 Å². The van der Waals surface area contributed by atoms with Crippen LogP contribution in [0.5, 0.6) is 0 Å². The van der Waals surface area contributed by atoms with Crippen molar-refractivity contribution in [3.63, 3.8) is 0 Å². The first-order valence-electron chi connectivity index (χ1n) is 16.1. The third-order valence-corrected chi connectivity index (χ3v) is 9.30. The summed E-state index contributed by atoms with van der Waals surface area (Å²) in [6, 6.07) is 24.3. The maximum atomic E-state index is 7.32. The van der Waals surface area contributed by atoms with Crippen LogP contribution in [-0.4, -0.2) is 11.0 Å². The van der Waals surface area contributed by atoms with Gasteiger partial charge in [0.1, 0.15) is 19.2 Å². The molecular weight excluding hydrogens is 670 g/mol. The molecule has 2 nitrogen and oxygen atoms in total. The predicted molar refractivity (Wildman–Crippen MR) is 206 cm³/mol. The van der Waals surface area contributed by atoms with Gasteiger partial charge in [0.05, 0.1) is 11.8 Å². The molecule has 0 saturated carbocycles. The van der Waals surface area contributed by atoms with Crippen molar-refractivity contribution in [1.29, 1.82) is 5.26 Å². The summed E-state index contributed by atoms with van der Waals surface area (Å²) in [7, 11) is 0.529. The van der Waals surface area contributed by atoms with Crippen LogP contribution in [-0.2, 0) is 36.7 Å². The second-order valence-corrected chi connectivity index (χ2v) is 17.1. The van der Waals surface area contributed by atoms with E-state index in [1.54, 1.807) is 6.07 Å². The molecule has 0 amide bonds. The number of nitriles is 1. The summed E-state index contributed by atoms with van der Waals surface area (Å²) in [5.74, 6) is 0.800. The summed E-state index contributed by atoms with van der Waals surface area (Å²) in [6.07, 6.45) is 0. The molecule has 0 aliphatic heterocycles. The summed E-state index contributed by atoms with van der Waals surface area (Å²) in [5, 5.41) is 10.1. The minimum atomic E-state index is 0. The average Bonchev–Trinajstić information content (AvgIpc) is 2.90. The molecule has 4 heteroatoms. The quantitative estimate of drug-likeness (QED) is 0.108. The molecule has 3 aromatic carbocycles. The number of hydrogen-bond donors (Lipinski definition) is 0. The molecule has 0 heterocycles. The van der Waals surface area contributed by atoms with E-state index in [0.717, 1.165) is 11.4 Å². The van der Waals surface area contributed by atoms with Crippen LogP contribution in [0.15, 0.2) is 65.7 Å². The normalized spacial score (nSPS) is 12.5. The van der Waals surface area contributed by atoms with Gasteiger partial charge >= 0.3 is 20.4 Å². The Morgan fingerprint density at radius 2 is 1.13 bits per heavy atom. The van der Waals surface area contributed by atoms with Gasteiger partial charge < -0.3 is 7.43 Å². The third-order valence-electron chi connectivity index (χ3n) is 7.90. The minimum absolute atomic E-state index is 0. The largest absolute Gasteiger partial charge is 2.00 e. The van der Waals surface area contributed by atoms with Crippen molar-refractivity contribution < 1.29 is 20.4 Å². The van der Waals surface area contributed by atoms with Gasteiger partial charge in [-0.05, 0) is 44.8 Å². The minimum Gasteiger partial charge on any atom is -0.358 e. The number of hydrogen-bond acceptors (Lipinski definition) is 2. The first-order valence-corrected chi connectivity index (χ1v) is 17.1. The van der Waals surface area contributed by atoms with Gasteiger partial charge in [0.15, 0.2) is 5.30 Å². The zero-order valence-corrected chi connectivity index (χ0v) is 34.2. The van der Waals surface area contributed by atoms with E-state index >= 15 is 0 Å². The molecule has 1 unspecified atom stereocenters. The van der Waals surface area contributed by atoms with Crippen LogP contribution in [0.3, 0.4) is 0 Å². The fraction of sp³-hybridized carbons (Fsp3) is 0.476.